The first kappa shape index (κ1) is 12.6. The van der Waals surface area contributed by atoms with Gasteiger partial charge >= 0.3 is 6.55 Å². The molecule has 2 rings (SSSR count). The number of pyridine rings is 1. The number of aromatic nitrogens is 3. The number of imidazole rings is 1. The zero-order valence-electron chi connectivity index (χ0n) is 9.92. The minimum atomic E-state index is -2.56. The van der Waals surface area contributed by atoms with Gasteiger partial charge in [-0.15, -0.1) is 0 Å². The van der Waals surface area contributed by atoms with E-state index in [4.69, 9.17) is 0 Å². The summed E-state index contributed by atoms with van der Waals surface area (Å²) in [5, 5.41) is 3.12. The first-order valence-electron chi connectivity index (χ1n) is 5.62. The van der Waals surface area contributed by atoms with E-state index in [2.05, 4.69) is 15.3 Å². The fraction of sp³-hybridized carbons (Fsp3) is 0.333. The molecule has 1 atom stereocenters. The standard InChI is InChI=1S/C12H14F2N4/c1-9(10-4-2-3-5-15-10)17-8-11-16-6-7-18(11)12(13)14/h2-7,9,12,17H,8H2,1H3. The van der Waals surface area contributed by atoms with Crippen LogP contribution >= 0.6 is 0 Å². The summed E-state index contributed by atoms with van der Waals surface area (Å²) in [4.78, 5) is 8.10. The third-order valence-corrected chi connectivity index (χ3v) is 2.66. The minimum absolute atomic E-state index is 0.0194. The average molecular weight is 252 g/mol. The molecule has 0 amide bonds. The van der Waals surface area contributed by atoms with Crippen LogP contribution in [0.2, 0.25) is 0 Å². The molecule has 0 fully saturated rings. The Kier molecular flexibility index (Phi) is 3.99. The molecule has 0 spiro atoms. The molecular weight excluding hydrogens is 238 g/mol. The van der Waals surface area contributed by atoms with Gasteiger partial charge in [0.05, 0.1) is 12.2 Å². The van der Waals surface area contributed by atoms with Gasteiger partial charge in [-0.2, -0.15) is 8.78 Å². The van der Waals surface area contributed by atoms with Crippen LogP contribution in [0.4, 0.5) is 8.78 Å². The van der Waals surface area contributed by atoms with Gasteiger partial charge in [0.1, 0.15) is 5.82 Å². The van der Waals surface area contributed by atoms with Crippen LogP contribution in [-0.2, 0) is 6.54 Å². The summed E-state index contributed by atoms with van der Waals surface area (Å²) in [6, 6.07) is 5.59. The SMILES string of the molecule is CC(NCc1nccn1C(F)F)c1ccccn1. The van der Waals surface area contributed by atoms with Crippen LogP contribution in [0.3, 0.4) is 0 Å². The Hall–Kier alpha value is -1.82. The molecule has 0 aromatic carbocycles. The zero-order chi connectivity index (χ0) is 13.0. The van der Waals surface area contributed by atoms with Gasteiger partial charge in [0.25, 0.3) is 0 Å². The quantitative estimate of drug-likeness (QED) is 0.889. The molecule has 4 nitrogen and oxygen atoms in total. The summed E-state index contributed by atoms with van der Waals surface area (Å²) in [5.74, 6) is 0.313. The number of hydrogen-bond donors (Lipinski definition) is 1. The Bertz CT molecular complexity index is 484. The van der Waals surface area contributed by atoms with Crippen molar-refractivity contribution in [3.05, 3.63) is 48.3 Å². The molecule has 0 aliphatic rings. The van der Waals surface area contributed by atoms with Crippen LogP contribution in [0.25, 0.3) is 0 Å². The van der Waals surface area contributed by atoms with Gasteiger partial charge in [0.15, 0.2) is 0 Å². The normalized spacial score (nSPS) is 12.9. The van der Waals surface area contributed by atoms with E-state index in [1.165, 1.54) is 12.4 Å². The number of nitrogens with one attached hydrogen (secondary N) is 1. The summed E-state index contributed by atoms with van der Waals surface area (Å²) in [5.41, 5.74) is 0.868. The van der Waals surface area contributed by atoms with Crippen LogP contribution in [-0.4, -0.2) is 14.5 Å². The maximum atomic E-state index is 12.6. The summed E-state index contributed by atoms with van der Waals surface area (Å²) in [7, 11) is 0. The van der Waals surface area contributed by atoms with Crippen molar-refractivity contribution in [3.8, 4) is 0 Å². The number of nitrogens with zero attached hydrogens (tertiary/aromatic N) is 3. The summed E-state index contributed by atoms with van der Waals surface area (Å²) >= 11 is 0. The number of halogens is 2. The Morgan fingerprint density at radius 3 is 2.78 bits per heavy atom. The van der Waals surface area contributed by atoms with Crippen molar-refractivity contribution in [2.75, 3.05) is 0 Å². The van der Waals surface area contributed by atoms with Gasteiger partial charge < -0.3 is 5.32 Å². The van der Waals surface area contributed by atoms with Crippen molar-refractivity contribution in [3.63, 3.8) is 0 Å². The second kappa shape index (κ2) is 5.68. The van der Waals surface area contributed by atoms with Gasteiger partial charge in [-0.3, -0.25) is 9.55 Å². The third-order valence-electron chi connectivity index (χ3n) is 2.66. The summed E-state index contributed by atoms with van der Waals surface area (Å²) in [6.45, 7) is -0.359. The molecule has 6 heteroatoms. The van der Waals surface area contributed by atoms with Gasteiger partial charge in [0, 0.05) is 24.6 Å². The van der Waals surface area contributed by atoms with Crippen LogP contribution in [0.5, 0.6) is 0 Å². The predicted molar refractivity (Wildman–Crippen MR) is 63.0 cm³/mol. The van der Waals surface area contributed by atoms with Crippen LogP contribution in [0.1, 0.15) is 31.0 Å². The smallest absolute Gasteiger partial charge is 0.302 e. The molecule has 0 radical (unpaired) electrons. The molecule has 2 aromatic heterocycles. The summed E-state index contributed by atoms with van der Waals surface area (Å²) < 4.78 is 26.0. The van der Waals surface area contributed by atoms with E-state index in [1.54, 1.807) is 6.20 Å². The highest BCUT2D eigenvalue weighted by Crippen LogP contribution is 2.14. The number of hydrogen-bond acceptors (Lipinski definition) is 3. The van der Waals surface area contributed by atoms with E-state index in [9.17, 15) is 8.78 Å². The van der Waals surface area contributed by atoms with Gasteiger partial charge in [-0.1, -0.05) is 6.07 Å². The Morgan fingerprint density at radius 2 is 2.11 bits per heavy atom. The van der Waals surface area contributed by atoms with E-state index in [0.29, 0.717) is 5.82 Å². The average Bonchev–Trinajstić information content (AvgIpc) is 2.85. The molecule has 2 aromatic rings. The van der Waals surface area contributed by atoms with Crippen molar-refractivity contribution in [2.24, 2.45) is 0 Å². The summed E-state index contributed by atoms with van der Waals surface area (Å²) in [6.07, 6.45) is 4.34. The van der Waals surface area contributed by atoms with E-state index >= 15 is 0 Å². The van der Waals surface area contributed by atoms with Gasteiger partial charge in [-0.25, -0.2) is 4.98 Å². The molecule has 0 aliphatic heterocycles. The lowest BCUT2D eigenvalue weighted by atomic mass is 10.2. The molecule has 1 N–H and O–H groups in total. The van der Waals surface area contributed by atoms with Crippen LogP contribution in [0, 0.1) is 0 Å². The van der Waals surface area contributed by atoms with Crippen molar-refractivity contribution < 1.29 is 8.78 Å². The lowest BCUT2D eigenvalue weighted by Gasteiger charge is -2.13. The predicted octanol–water partition coefficient (Wildman–Crippen LogP) is 2.52. The topological polar surface area (TPSA) is 42.7 Å². The van der Waals surface area contributed by atoms with Crippen molar-refractivity contribution in [1.82, 2.24) is 19.9 Å². The van der Waals surface area contributed by atoms with Crippen molar-refractivity contribution in [1.29, 1.82) is 0 Å². The second-order valence-corrected chi connectivity index (χ2v) is 3.89. The largest absolute Gasteiger partial charge is 0.319 e. The molecule has 96 valence electrons. The molecule has 0 saturated heterocycles. The Labute approximate surface area is 104 Å². The van der Waals surface area contributed by atoms with E-state index in [0.717, 1.165) is 10.3 Å². The lowest BCUT2D eigenvalue weighted by molar-refractivity contribution is 0.0665. The lowest BCUT2D eigenvalue weighted by Crippen LogP contribution is -2.21. The highest BCUT2D eigenvalue weighted by molar-refractivity contribution is 5.07. The maximum absolute atomic E-state index is 12.6. The second-order valence-electron chi connectivity index (χ2n) is 3.89. The molecule has 0 bridgehead atoms. The van der Waals surface area contributed by atoms with Gasteiger partial charge in [-0.05, 0) is 19.1 Å². The third kappa shape index (κ3) is 2.89. The first-order valence-corrected chi connectivity index (χ1v) is 5.62. The van der Waals surface area contributed by atoms with E-state index < -0.39 is 6.55 Å². The minimum Gasteiger partial charge on any atom is -0.302 e. The van der Waals surface area contributed by atoms with E-state index in [1.807, 2.05) is 25.1 Å². The molecule has 2 heterocycles. The fourth-order valence-electron chi connectivity index (χ4n) is 1.64. The molecule has 0 aliphatic carbocycles. The fourth-order valence-corrected chi connectivity index (χ4v) is 1.64. The van der Waals surface area contributed by atoms with Crippen LogP contribution < -0.4 is 5.32 Å². The van der Waals surface area contributed by atoms with Crippen molar-refractivity contribution >= 4 is 0 Å². The van der Waals surface area contributed by atoms with Gasteiger partial charge in [0.2, 0.25) is 0 Å². The maximum Gasteiger partial charge on any atom is 0.319 e. The highest BCUT2D eigenvalue weighted by atomic mass is 19.3. The molecule has 1 unspecified atom stereocenters. The van der Waals surface area contributed by atoms with Crippen molar-refractivity contribution in [2.45, 2.75) is 26.1 Å². The number of alkyl halides is 2. The monoisotopic (exact) mass is 252 g/mol. The molecular formula is C12H14F2N4. The Balaban J connectivity index is 1.97. The Morgan fingerprint density at radius 1 is 1.28 bits per heavy atom. The molecule has 0 saturated carbocycles. The number of rotatable bonds is 5. The van der Waals surface area contributed by atoms with Crippen LogP contribution in [0.15, 0.2) is 36.8 Å². The first-order chi connectivity index (χ1) is 8.68. The van der Waals surface area contributed by atoms with E-state index in [-0.39, 0.29) is 12.6 Å². The highest BCUT2D eigenvalue weighted by Gasteiger charge is 2.12. The zero-order valence-corrected chi connectivity index (χ0v) is 9.92. The molecule has 18 heavy (non-hydrogen) atoms.